The number of fused-ring (bicyclic) bond motifs is 3. The Morgan fingerprint density at radius 3 is 2.56 bits per heavy atom. The SMILES string of the molecule is CC(C)n1c(=O)c(C(=O)N[C@H]2C[C@H]3CC[C@@H](C2)N3)cc2ccccc21. The average Bonchev–Trinajstić information content (AvgIpc) is 2.92. The zero-order valence-electron chi connectivity index (χ0n) is 14.8. The van der Waals surface area contributed by atoms with E-state index in [1.54, 1.807) is 10.6 Å². The molecule has 3 heterocycles. The second kappa shape index (κ2) is 6.30. The first-order valence-electron chi connectivity index (χ1n) is 9.24. The van der Waals surface area contributed by atoms with Gasteiger partial charge in [0.1, 0.15) is 5.56 Å². The zero-order chi connectivity index (χ0) is 17.6. The molecule has 1 aromatic heterocycles. The van der Waals surface area contributed by atoms with E-state index in [2.05, 4.69) is 10.6 Å². The lowest BCUT2D eigenvalue weighted by Crippen LogP contribution is -2.48. The van der Waals surface area contributed by atoms with E-state index in [0.29, 0.717) is 12.1 Å². The summed E-state index contributed by atoms with van der Waals surface area (Å²) in [5, 5.41) is 7.61. The Morgan fingerprint density at radius 1 is 1.20 bits per heavy atom. The minimum absolute atomic E-state index is 0.000116. The van der Waals surface area contributed by atoms with Crippen LogP contribution >= 0.6 is 0 Å². The fourth-order valence-electron chi connectivity index (χ4n) is 4.40. The van der Waals surface area contributed by atoms with Gasteiger partial charge in [-0.1, -0.05) is 18.2 Å². The molecule has 25 heavy (non-hydrogen) atoms. The molecule has 2 aromatic rings. The van der Waals surface area contributed by atoms with Gasteiger partial charge in [0, 0.05) is 24.2 Å². The Labute approximate surface area is 147 Å². The summed E-state index contributed by atoms with van der Waals surface area (Å²) in [5.41, 5.74) is 0.917. The number of benzene rings is 1. The normalized spacial score (nSPS) is 25.5. The lowest BCUT2D eigenvalue weighted by atomic mass is 9.99. The number of hydrogen-bond acceptors (Lipinski definition) is 3. The van der Waals surface area contributed by atoms with Gasteiger partial charge in [0.25, 0.3) is 11.5 Å². The molecule has 1 amide bonds. The van der Waals surface area contributed by atoms with Crippen LogP contribution in [0.15, 0.2) is 35.1 Å². The molecule has 0 radical (unpaired) electrons. The monoisotopic (exact) mass is 339 g/mol. The number of pyridine rings is 1. The van der Waals surface area contributed by atoms with Crippen molar-refractivity contribution in [3.63, 3.8) is 0 Å². The summed E-state index contributed by atoms with van der Waals surface area (Å²) in [6, 6.07) is 10.7. The summed E-state index contributed by atoms with van der Waals surface area (Å²) in [7, 11) is 0. The maximum absolute atomic E-state index is 12.9. The standard InChI is InChI=1S/C20H25N3O2/c1-12(2)23-18-6-4-3-5-13(18)9-17(20(23)25)19(24)22-16-10-14-7-8-15(11-16)21-14/h3-6,9,12,14-16,21H,7-8,10-11H2,1-2H3,(H,22,24)/t14-,15+,16+. The molecule has 0 unspecified atom stereocenters. The van der Waals surface area contributed by atoms with Crippen molar-refractivity contribution < 1.29 is 4.79 Å². The van der Waals surface area contributed by atoms with E-state index >= 15 is 0 Å². The number of amides is 1. The molecule has 1 aromatic carbocycles. The van der Waals surface area contributed by atoms with Crippen molar-refractivity contribution >= 4 is 16.8 Å². The lowest BCUT2D eigenvalue weighted by molar-refractivity contribution is 0.0922. The number of carbonyl (C=O) groups is 1. The maximum atomic E-state index is 12.9. The number of rotatable bonds is 3. The highest BCUT2D eigenvalue weighted by atomic mass is 16.2. The van der Waals surface area contributed by atoms with E-state index < -0.39 is 0 Å². The summed E-state index contributed by atoms with van der Waals surface area (Å²) >= 11 is 0. The highest BCUT2D eigenvalue weighted by Crippen LogP contribution is 2.27. The predicted octanol–water partition coefficient (Wildman–Crippen LogP) is 2.60. The van der Waals surface area contributed by atoms with Gasteiger partial charge in [-0.05, 0) is 57.0 Å². The topological polar surface area (TPSA) is 63.1 Å². The van der Waals surface area contributed by atoms with Crippen molar-refractivity contribution in [2.24, 2.45) is 0 Å². The van der Waals surface area contributed by atoms with Crippen LogP contribution in [-0.4, -0.2) is 28.6 Å². The molecule has 4 rings (SSSR count). The number of aromatic nitrogens is 1. The van der Waals surface area contributed by atoms with Gasteiger partial charge in [0.15, 0.2) is 0 Å². The smallest absolute Gasteiger partial charge is 0.264 e. The molecule has 132 valence electrons. The van der Waals surface area contributed by atoms with Gasteiger partial charge in [-0.2, -0.15) is 0 Å². The summed E-state index contributed by atoms with van der Waals surface area (Å²) in [6.07, 6.45) is 4.28. The van der Waals surface area contributed by atoms with Crippen molar-refractivity contribution in [2.45, 2.75) is 63.7 Å². The van der Waals surface area contributed by atoms with Gasteiger partial charge in [0.05, 0.1) is 5.52 Å². The van der Waals surface area contributed by atoms with Crippen LogP contribution < -0.4 is 16.2 Å². The first kappa shape index (κ1) is 16.3. The Morgan fingerprint density at radius 2 is 1.88 bits per heavy atom. The second-order valence-corrected chi connectivity index (χ2v) is 7.67. The zero-order valence-corrected chi connectivity index (χ0v) is 14.8. The van der Waals surface area contributed by atoms with Gasteiger partial charge in [-0.15, -0.1) is 0 Å². The molecule has 2 fully saturated rings. The molecule has 5 nitrogen and oxygen atoms in total. The number of piperidine rings is 1. The number of hydrogen-bond donors (Lipinski definition) is 2. The molecule has 2 bridgehead atoms. The molecule has 2 aliphatic heterocycles. The van der Waals surface area contributed by atoms with Crippen LogP contribution in [0.3, 0.4) is 0 Å². The van der Waals surface area contributed by atoms with Gasteiger partial charge in [0.2, 0.25) is 0 Å². The van der Waals surface area contributed by atoms with E-state index in [-0.39, 0.29) is 29.1 Å². The number of nitrogens with one attached hydrogen (secondary N) is 2. The molecule has 2 N–H and O–H groups in total. The first-order valence-corrected chi connectivity index (χ1v) is 9.24. The van der Waals surface area contributed by atoms with E-state index in [9.17, 15) is 9.59 Å². The molecule has 0 saturated carbocycles. The van der Waals surface area contributed by atoms with Crippen LogP contribution in [0, 0.1) is 0 Å². The summed E-state index contributed by atoms with van der Waals surface area (Å²) in [4.78, 5) is 25.8. The largest absolute Gasteiger partial charge is 0.349 e. The van der Waals surface area contributed by atoms with E-state index in [1.165, 1.54) is 12.8 Å². The third kappa shape index (κ3) is 2.97. The van der Waals surface area contributed by atoms with E-state index in [4.69, 9.17) is 0 Å². The Bertz CT molecular complexity index is 859. The van der Waals surface area contributed by atoms with Crippen LogP contribution in [0.5, 0.6) is 0 Å². The van der Waals surface area contributed by atoms with Crippen LogP contribution in [0.4, 0.5) is 0 Å². The summed E-state index contributed by atoms with van der Waals surface area (Å²) in [5.74, 6) is -0.239. The van der Waals surface area contributed by atoms with Crippen molar-refractivity contribution in [2.75, 3.05) is 0 Å². The van der Waals surface area contributed by atoms with Crippen LogP contribution in [0.2, 0.25) is 0 Å². The molecular formula is C20H25N3O2. The quantitative estimate of drug-likeness (QED) is 0.903. The predicted molar refractivity (Wildman–Crippen MR) is 99.0 cm³/mol. The van der Waals surface area contributed by atoms with Gasteiger partial charge < -0.3 is 15.2 Å². The van der Waals surface area contributed by atoms with Gasteiger partial charge in [-0.3, -0.25) is 9.59 Å². The lowest BCUT2D eigenvalue weighted by Gasteiger charge is -2.29. The van der Waals surface area contributed by atoms with Crippen molar-refractivity contribution in [3.8, 4) is 0 Å². The molecule has 0 spiro atoms. The van der Waals surface area contributed by atoms with Crippen molar-refractivity contribution in [3.05, 3.63) is 46.2 Å². The van der Waals surface area contributed by atoms with Gasteiger partial charge >= 0.3 is 0 Å². The third-order valence-corrected chi connectivity index (χ3v) is 5.51. The van der Waals surface area contributed by atoms with E-state index in [0.717, 1.165) is 23.7 Å². The second-order valence-electron chi connectivity index (χ2n) is 7.67. The summed E-state index contributed by atoms with van der Waals surface area (Å²) in [6.45, 7) is 3.94. The summed E-state index contributed by atoms with van der Waals surface area (Å²) < 4.78 is 1.72. The fraction of sp³-hybridized carbons (Fsp3) is 0.500. The molecule has 3 atom stereocenters. The van der Waals surface area contributed by atoms with Crippen LogP contribution in [0.25, 0.3) is 10.9 Å². The minimum atomic E-state index is -0.239. The average molecular weight is 339 g/mol. The fourth-order valence-corrected chi connectivity index (χ4v) is 4.40. The minimum Gasteiger partial charge on any atom is -0.349 e. The van der Waals surface area contributed by atoms with Crippen LogP contribution in [0.1, 0.15) is 55.9 Å². The van der Waals surface area contributed by atoms with E-state index in [1.807, 2.05) is 38.1 Å². The van der Waals surface area contributed by atoms with Gasteiger partial charge in [-0.25, -0.2) is 0 Å². The number of carbonyl (C=O) groups excluding carboxylic acids is 1. The highest BCUT2D eigenvalue weighted by molar-refractivity contribution is 5.97. The maximum Gasteiger partial charge on any atom is 0.264 e. The molecular weight excluding hydrogens is 314 g/mol. The molecule has 2 aliphatic rings. The highest BCUT2D eigenvalue weighted by Gasteiger charge is 2.34. The first-order chi connectivity index (χ1) is 12.0. The third-order valence-electron chi connectivity index (χ3n) is 5.51. The molecule has 0 aliphatic carbocycles. The van der Waals surface area contributed by atoms with Crippen molar-refractivity contribution in [1.29, 1.82) is 0 Å². The molecule has 5 heteroatoms. The van der Waals surface area contributed by atoms with Crippen molar-refractivity contribution in [1.82, 2.24) is 15.2 Å². The number of nitrogens with zero attached hydrogens (tertiary/aromatic N) is 1. The number of para-hydroxylation sites is 1. The van der Waals surface area contributed by atoms with Crippen LogP contribution in [-0.2, 0) is 0 Å². The Hall–Kier alpha value is -2.14. The Kier molecular flexibility index (Phi) is 4.12. The Balaban J connectivity index is 1.67. The molecule has 2 saturated heterocycles.